The maximum Gasteiger partial charge on any atom is 0.153 e. The highest BCUT2D eigenvalue weighted by Crippen LogP contribution is 2.29. The van der Waals surface area contributed by atoms with Crippen molar-refractivity contribution in [2.45, 2.75) is 18.9 Å². The van der Waals surface area contributed by atoms with Gasteiger partial charge in [-0.1, -0.05) is 0 Å². The molecule has 1 fully saturated rings. The van der Waals surface area contributed by atoms with Gasteiger partial charge in [-0.05, 0) is 53.6 Å². The van der Waals surface area contributed by atoms with Gasteiger partial charge in [0.25, 0.3) is 0 Å². The molecule has 3 heteroatoms. The van der Waals surface area contributed by atoms with Crippen LogP contribution in [0, 0.1) is 3.57 Å². The molecule has 0 N–H and O–H groups in total. The van der Waals surface area contributed by atoms with Crippen molar-refractivity contribution in [3.05, 3.63) is 27.3 Å². The van der Waals surface area contributed by atoms with Gasteiger partial charge in [0.1, 0.15) is 5.75 Å². The molecule has 0 atom stereocenters. The van der Waals surface area contributed by atoms with Crippen LogP contribution in [0.5, 0.6) is 5.75 Å². The zero-order chi connectivity index (χ0) is 9.26. The van der Waals surface area contributed by atoms with Crippen molar-refractivity contribution in [1.82, 2.24) is 0 Å². The third-order valence-corrected chi connectivity index (χ3v) is 2.59. The summed E-state index contributed by atoms with van der Waals surface area (Å²) in [6, 6.07) is 5.65. The summed E-state index contributed by atoms with van der Waals surface area (Å²) in [5.41, 5.74) is 0.652. The van der Waals surface area contributed by atoms with Gasteiger partial charge in [-0.3, -0.25) is 4.79 Å². The molecule has 1 aromatic rings. The minimum absolute atomic E-state index is 0.346. The van der Waals surface area contributed by atoms with Crippen LogP contribution in [-0.2, 0) is 0 Å². The van der Waals surface area contributed by atoms with Crippen LogP contribution in [-0.4, -0.2) is 12.4 Å². The van der Waals surface area contributed by atoms with Gasteiger partial charge in [-0.15, -0.1) is 0 Å². The van der Waals surface area contributed by atoms with Gasteiger partial charge >= 0.3 is 0 Å². The van der Waals surface area contributed by atoms with E-state index in [9.17, 15) is 4.79 Å². The summed E-state index contributed by atoms with van der Waals surface area (Å²) in [7, 11) is 0. The summed E-state index contributed by atoms with van der Waals surface area (Å²) in [6.45, 7) is 0. The fraction of sp³-hybridized carbons (Fsp3) is 0.300. The first kappa shape index (κ1) is 8.99. The fourth-order valence-corrected chi connectivity index (χ4v) is 1.60. The Morgan fingerprint density at radius 2 is 2.23 bits per heavy atom. The number of benzene rings is 1. The second kappa shape index (κ2) is 3.65. The van der Waals surface area contributed by atoms with Gasteiger partial charge in [0.2, 0.25) is 0 Å². The first-order valence-electron chi connectivity index (χ1n) is 4.21. The summed E-state index contributed by atoms with van der Waals surface area (Å²) in [6.07, 6.45) is 3.42. The number of aldehydes is 1. The van der Waals surface area contributed by atoms with Gasteiger partial charge in [0.15, 0.2) is 6.29 Å². The minimum Gasteiger partial charge on any atom is -0.490 e. The van der Waals surface area contributed by atoms with E-state index in [4.69, 9.17) is 4.74 Å². The Bertz CT molecular complexity index is 332. The van der Waals surface area contributed by atoms with E-state index in [0.717, 1.165) is 28.4 Å². The highest BCUT2D eigenvalue weighted by atomic mass is 127. The Balaban J connectivity index is 2.25. The SMILES string of the molecule is O=Cc1cc(I)ccc1OC1CC1. The molecule has 0 spiro atoms. The van der Waals surface area contributed by atoms with Gasteiger partial charge in [-0.2, -0.15) is 0 Å². The van der Waals surface area contributed by atoms with Crippen molar-refractivity contribution in [3.63, 3.8) is 0 Å². The van der Waals surface area contributed by atoms with Gasteiger partial charge in [-0.25, -0.2) is 0 Å². The molecule has 68 valence electrons. The van der Waals surface area contributed by atoms with Crippen LogP contribution in [0.1, 0.15) is 23.2 Å². The summed E-state index contributed by atoms with van der Waals surface area (Å²) in [4.78, 5) is 10.7. The summed E-state index contributed by atoms with van der Waals surface area (Å²) >= 11 is 2.18. The lowest BCUT2D eigenvalue weighted by Gasteiger charge is -2.06. The van der Waals surface area contributed by atoms with E-state index in [1.54, 1.807) is 0 Å². The standard InChI is InChI=1S/C10H9IO2/c11-8-1-4-10(7(5-8)6-12)13-9-2-3-9/h1,4-6,9H,2-3H2. The number of ether oxygens (including phenoxy) is 1. The summed E-state index contributed by atoms with van der Waals surface area (Å²) in [5, 5.41) is 0. The number of hydrogen-bond acceptors (Lipinski definition) is 2. The molecule has 2 rings (SSSR count). The third-order valence-electron chi connectivity index (χ3n) is 1.92. The van der Waals surface area contributed by atoms with Crippen LogP contribution in [0.25, 0.3) is 0 Å². The van der Waals surface area contributed by atoms with E-state index in [1.807, 2.05) is 18.2 Å². The molecule has 0 aromatic heterocycles. The van der Waals surface area contributed by atoms with E-state index in [1.165, 1.54) is 0 Å². The average Bonchev–Trinajstić information content (AvgIpc) is 2.92. The van der Waals surface area contributed by atoms with Gasteiger partial charge in [0.05, 0.1) is 11.7 Å². The Morgan fingerprint density at radius 3 is 2.85 bits per heavy atom. The Morgan fingerprint density at radius 1 is 1.46 bits per heavy atom. The minimum atomic E-state index is 0.346. The molecule has 0 unspecified atom stereocenters. The normalized spacial score (nSPS) is 15.5. The van der Waals surface area contributed by atoms with Crippen LogP contribution in [0.15, 0.2) is 18.2 Å². The number of halogens is 1. The molecule has 13 heavy (non-hydrogen) atoms. The maximum absolute atomic E-state index is 10.7. The molecule has 0 saturated heterocycles. The largest absolute Gasteiger partial charge is 0.490 e. The molecule has 2 nitrogen and oxygen atoms in total. The third kappa shape index (κ3) is 2.21. The second-order valence-corrected chi connectivity index (χ2v) is 4.36. The summed E-state index contributed by atoms with van der Waals surface area (Å²) < 4.78 is 6.63. The maximum atomic E-state index is 10.7. The smallest absolute Gasteiger partial charge is 0.153 e. The zero-order valence-corrected chi connectivity index (χ0v) is 9.15. The molecule has 1 aromatic carbocycles. The lowest BCUT2D eigenvalue weighted by molar-refractivity contribution is 0.111. The predicted octanol–water partition coefficient (Wildman–Crippen LogP) is 2.64. The Labute approximate surface area is 90.4 Å². The van der Waals surface area contributed by atoms with Crippen LogP contribution >= 0.6 is 22.6 Å². The molecular weight excluding hydrogens is 279 g/mol. The monoisotopic (exact) mass is 288 g/mol. The van der Waals surface area contributed by atoms with Crippen molar-refractivity contribution in [3.8, 4) is 5.75 Å². The Kier molecular flexibility index (Phi) is 2.53. The van der Waals surface area contributed by atoms with E-state index >= 15 is 0 Å². The lowest BCUT2D eigenvalue weighted by Crippen LogP contribution is -1.99. The van der Waals surface area contributed by atoms with Crippen LogP contribution in [0.2, 0.25) is 0 Å². The van der Waals surface area contributed by atoms with Gasteiger partial charge in [0, 0.05) is 3.57 Å². The first-order chi connectivity index (χ1) is 6.29. The zero-order valence-electron chi connectivity index (χ0n) is 7.00. The molecule has 0 radical (unpaired) electrons. The van der Waals surface area contributed by atoms with Crippen molar-refractivity contribution < 1.29 is 9.53 Å². The van der Waals surface area contributed by atoms with Crippen molar-refractivity contribution >= 4 is 28.9 Å². The number of rotatable bonds is 3. The molecule has 1 aliphatic carbocycles. The van der Waals surface area contributed by atoms with Crippen LogP contribution in [0.3, 0.4) is 0 Å². The van der Waals surface area contributed by atoms with E-state index in [0.29, 0.717) is 11.7 Å². The number of carbonyl (C=O) groups excluding carboxylic acids is 1. The van der Waals surface area contributed by atoms with Gasteiger partial charge < -0.3 is 4.74 Å². The number of hydrogen-bond donors (Lipinski definition) is 0. The van der Waals surface area contributed by atoms with Crippen molar-refractivity contribution in [1.29, 1.82) is 0 Å². The van der Waals surface area contributed by atoms with E-state index < -0.39 is 0 Å². The second-order valence-electron chi connectivity index (χ2n) is 3.12. The predicted molar refractivity (Wildman–Crippen MR) is 58.2 cm³/mol. The molecule has 0 amide bonds. The number of carbonyl (C=O) groups is 1. The lowest BCUT2D eigenvalue weighted by atomic mass is 10.2. The topological polar surface area (TPSA) is 26.3 Å². The van der Waals surface area contributed by atoms with E-state index in [-0.39, 0.29) is 0 Å². The molecule has 1 saturated carbocycles. The molecule has 0 aliphatic heterocycles. The highest BCUT2D eigenvalue weighted by Gasteiger charge is 2.24. The fourth-order valence-electron chi connectivity index (χ4n) is 1.08. The molecule has 0 heterocycles. The van der Waals surface area contributed by atoms with Crippen LogP contribution in [0.4, 0.5) is 0 Å². The van der Waals surface area contributed by atoms with Crippen molar-refractivity contribution in [2.24, 2.45) is 0 Å². The molecule has 1 aliphatic rings. The molecular formula is C10H9IO2. The molecule has 0 bridgehead atoms. The first-order valence-corrected chi connectivity index (χ1v) is 5.29. The Hall–Kier alpha value is -0.580. The summed E-state index contributed by atoms with van der Waals surface area (Å²) in [5.74, 6) is 0.720. The van der Waals surface area contributed by atoms with Crippen LogP contribution < -0.4 is 4.74 Å². The highest BCUT2D eigenvalue weighted by molar-refractivity contribution is 14.1. The quantitative estimate of drug-likeness (QED) is 0.631. The van der Waals surface area contributed by atoms with Crippen molar-refractivity contribution in [2.75, 3.05) is 0 Å². The average molecular weight is 288 g/mol. The van der Waals surface area contributed by atoms with E-state index in [2.05, 4.69) is 22.6 Å².